The number of carboxylic acids is 1. The Hall–Kier alpha value is -3.02. The number of benzene rings is 2. The van der Waals surface area contributed by atoms with E-state index in [4.69, 9.17) is 14.6 Å². The van der Waals surface area contributed by atoms with Crippen molar-refractivity contribution < 1.29 is 24.2 Å². The summed E-state index contributed by atoms with van der Waals surface area (Å²) in [4.78, 5) is 22.0. The van der Waals surface area contributed by atoms with Gasteiger partial charge in [-0.1, -0.05) is 38.1 Å². The van der Waals surface area contributed by atoms with Crippen LogP contribution < -0.4 is 14.8 Å². The van der Waals surface area contributed by atoms with Gasteiger partial charge in [0.2, 0.25) is 5.91 Å². The molecule has 0 aliphatic rings. The Bertz CT molecular complexity index is 815. The van der Waals surface area contributed by atoms with E-state index in [1.165, 1.54) is 5.56 Å². The van der Waals surface area contributed by atoms with Gasteiger partial charge in [0, 0.05) is 13.0 Å². The number of carbonyl (C=O) groups is 2. The number of hydrogen-bond donors (Lipinski definition) is 2. The van der Waals surface area contributed by atoms with Gasteiger partial charge in [-0.15, -0.1) is 0 Å². The maximum Gasteiger partial charge on any atom is 0.303 e. The van der Waals surface area contributed by atoms with Crippen molar-refractivity contribution >= 4 is 11.9 Å². The molecule has 1 amide bonds. The van der Waals surface area contributed by atoms with Crippen molar-refractivity contribution in [1.29, 1.82) is 0 Å². The Balaban J connectivity index is 1.75. The van der Waals surface area contributed by atoms with E-state index in [0.717, 1.165) is 22.6 Å². The van der Waals surface area contributed by atoms with Crippen LogP contribution in [0.3, 0.4) is 0 Å². The molecule has 0 aliphatic carbocycles. The van der Waals surface area contributed by atoms with Gasteiger partial charge in [0.05, 0.1) is 6.42 Å². The van der Waals surface area contributed by atoms with Gasteiger partial charge in [-0.2, -0.15) is 0 Å². The third-order valence-corrected chi connectivity index (χ3v) is 4.38. The Morgan fingerprint density at radius 1 is 1.00 bits per heavy atom. The highest BCUT2D eigenvalue weighted by molar-refractivity contribution is 5.80. The lowest BCUT2D eigenvalue weighted by Gasteiger charge is -2.15. The fourth-order valence-corrected chi connectivity index (χ4v) is 2.77. The minimum absolute atomic E-state index is 0.0179. The summed E-state index contributed by atoms with van der Waals surface area (Å²) in [5.41, 5.74) is 3.26. The van der Waals surface area contributed by atoms with Crippen LogP contribution in [0.2, 0.25) is 0 Å². The van der Waals surface area contributed by atoms with E-state index < -0.39 is 5.97 Å². The number of carboxylic acid groups (broad SMARTS) is 1. The number of carbonyl (C=O) groups excluding carboxylic acids is 1. The smallest absolute Gasteiger partial charge is 0.303 e. The first-order valence-electron chi connectivity index (χ1n) is 9.78. The van der Waals surface area contributed by atoms with Crippen molar-refractivity contribution in [2.45, 2.75) is 46.1 Å². The minimum Gasteiger partial charge on any atom is -0.490 e. The zero-order chi connectivity index (χ0) is 21.2. The summed E-state index contributed by atoms with van der Waals surface area (Å²) >= 11 is 0. The van der Waals surface area contributed by atoms with E-state index in [9.17, 15) is 9.59 Å². The van der Waals surface area contributed by atoms with Crippen LogP contribution in [-0.4, -0.2) is 30.2 Å². The van der Waals surface area contributed by atoms with Crippen molar-refractivity contribution in [2.75, 3.05) is 13.2 Å². The lowest BCUT2D eigenvalue weighted by Crippen LogP contribution is -2.23. The fourth-order valence-electron chi connectivity index (χ4n) is 2.77. The van der Waals surface area contributed by atoms with Crippen LogP contribution >= 0.6 is 0 Å². The van der Waals surface area contributed by atoms with E-state index in [0.29, 0.717) is 25.7 Å². The molecule has 6 nitrogen and oxygen atoms in total. The normalized spacial score (nSPS) is 10.6. The first kappa shape index (κ1) is 22.3. The van der Waals surface area contributed by atoms with E-state index in [2.05, 4.69) is 37.4 Å². The minimum atomic E-state index is -0.978. The summed E-state index contributed by atoms with van der Waals surface area (Å²) in [6.45, 7) is 7.56. The van der Waals surface area contributed by atoms with E-state index in [-0.39, 0.29) is 18.7 Å². The molecule has 0 bridgehead atoms. The third-order valence-electron chi connectivity index (χ3n) is 4.38. The second-order valence-corrected chi connectivity index (χ2v) is 7.21. The summed E-state index contributed by atoms with van der Waals surface area (Å²) in [6, 6.07) is 13.7. The molecule has 156 valence electrons. The molecule has 0 heterocycles. The molecule has 0 saturated carbocycles. The van der Waals surface area contributed by atoms with Crippen molar-refractivity contribution in [3.8, 4) is 11.5 Å². The topological polar surface area (TPSA) is 84.9 Å². The quantitative estimate of drug-likeness (QED) is 0.557. The van der Waals surface area contributed by atoms with Crippen LogP contribution in [0.4, 0.5) is 0 Å². The Morgan fingerprint density at radius 3 is 2.34 bits per heavy atom. The van der Waals surface area contributed by atoms with Crippen molar-refractivity contribution in [3.05, 3.63) is 59.2 Å². The standard InChI is InChI=1S/C23H29NO5/c1-16(2)20-9-4-17(3)14-21(20)29-13-12-28-19-7-5-18(6-8-19)15-24-22(25)10-11-23(26)27/h4-9,14,16H,10-13,15H2,1-3H3,(H,24,25)(H,26,27). The summed E-state index contributed by atoms with van der Waals surface area (Å²) in [5, 5.41) is 11.3. The molecule has 2 aromatic carbocycles. The molecule has 6 heteroatoms. The van der Waals surface area contributed by atoms with Crippen molar-refractivity contribution in [2.24, 2.45) is 0 Å². The Labute approximate surface area is 171 Å². The maximum atomic E-state index is 11.6. The number of ether oxygens (including phenoxy) is 2. The number of amides is 1. The molecule has 2 rings (SSSR count). The number of rotatable bonds is 11. The van der Waals surface area contributed by atoms with Gasteiger partial charge in [0.1, 0.15) is 24.7 Å². The summed E-state index contributed by atoms with van der Waals surface area (Å²) in [5.74, 6) is 0.763. The predicted molar refractivity (Wildman–Crippen MR) is 111 cm³/mol. The number of aryl methyl sites for hydroxylation is 1. The lowest BCUT2D eigenvalue weighted by atomic mass is 10.0. The van der Waals surface area contributed by atoms with E-state index in [1.807, 2.05) is 31.2 Å². The molecule has 2 N–H and O–H groups in total. The second kappa shape index (κ2) is 11.1. The van der Waals surface area contributed by atoms with Crippen molar-refractivity contribution in [1.82, 2.24) is 5.32 Å². The number of aliphatic carboxylic acids is 1. The summed E-state index contributed by atoms with van der Waals surface area (Å²) < 4.78 is 11.6. The first-order valence-corrected chi connectivity index (χ1v) is 9.78. The molecule has 0 unspecified atom stereocenters. The zero-order valence-electron chi connectivity index (χ0n) is 17.2. The Morgan fingerprint density at radius 2 is 1.69 bits per heavy atom. The van der Waals surface area contributed by atoms with Crippen LogP contribution in [0.5, 0.6) is 11.5 Å². The van der Waals surface area contributed by atoms with Gasteiger partial charge in [0.15, 0.2) is 0 Å². The molecule has 29 heavy (non-hydrogen) atoms. The molecule has 0 aliphatic heterocycles. The molecule has 2 aromatic rings. The Kier molecular flexibility index (Phi) is 8.52. The maximum absolute atomic E-state index is 11.6. The largest absolute Gasteiger partial charge is 0.490 e. The van der Waals surface area contributed by atoms with Crippen LogP contribution in [0.15, 0.2) is 42.5 Å². The number of hydrogen-bond acceptors (Lipinski definition) is 4. The molecule has 0 fully saturated rings. The van der Waals surface area contributed by atoms with Crippen molar-refractivity contribution in [3.63, 3.8) is 0 Å². The number of nitrogens with one attached hydrogen (secondary N) is 1. The average molecular weight is 399 g/mol. The predicted octanol–water partition coefficient (Wildman–Crippen LogP) is 4.06. The van der Waals surface area contributed by atoms with Gasteiger partial charge in [0.25, 0.3) is 0 Å². The van der Waals surface area contributed by atoms with Gasteiger partial charge in [-0.3, -0.25) is 9.59 Å². The summed E-state index contributed by atoms with van der Waals surface area (Å²) in [7, 11) is 0. The van der Waals surface area contributed by atoms with E-state index in [1.54, 1.807) is 0 Å². The third kappa shape index (κ3) is 7.86. The van der Waals surface area contributed by atoms with Crippen LogP contribution in [0, 0.1) is 6.92 Å². The van der Waals surface area contributed by atoms with Gasteiger partial charge in [-0.05, 0) is 47.7 Å². The lowest BCUT2D eigenvalue weighted by molar-refractivity contribution is -0.138. The fraction of sp³-hybridized carbons (Fsp3) is 0.391. The highest BCUT2D eigenvalue weighted by atomic mass is 16.5. The first-order chi connectivity index (χ1) is 13.8. The molecule has 0 atom stereocenters. The average Bonchev–Trinajstić information content (AvgIpc) is 2.68. The van der Waals surface area contributed by atoms with Crippen LogP contribution in [-0.2, 0) is 16.1 Å². The molecule has 0 saturated heterocycles. The monoisotopic (exact) mass is 399 g/mol. The van der Waals surface area contributed by atoms with Gasteiger partial charge >= 0.3 is 5.97 Å². The van der Waals surface area contributed by atoms with Crippen LogP contribution in [0.1, 0.15) is 49.3 Å². The van der Waals surface area contributed by atoms with E-state index >= 15 is 0 Å². The van der Waals surface area contributed by atoms with Gasteiger partial charge < -0.3 is 19.9 Å². The van der Waals surface area contributed by atoms with Gasteiger partial charge in [-0.25, -0.2) is 0 Å². The molecular weight excluding hydrogens is 370 g/mol. The highest BCUT2D eigenvalue weighted by Crippen LogP contribution is 2.27. The molecular formula is C23H29NO5. The second-order valence-electron chi connectivity index (χ2n) is 7.21. The SMILES string of the molecule is Cc1ccc(C(C)C)c(OCCOc2ccc(CNC(=O)CCC(=O)O)cc2)c1. The zero-order valence-corrected chi connectivity index (χ0v) is 17.2. The van der Waals surface area contributed by atoms with Crippen LogP contribution in [0.25, 0.3) is 0 Å². The highest BCUT2D eigenvalue weighted by Gasteiger charge is 2.08. The molecule has 0 spiro atoms. The molecule has 0 radical (unpaired) electrons. The summed E-state index contributed by atoms with van der Waals surface area (Å²) in [6.07, 6.45) is -0.183. The molecule has 0 aromatic heterocycles.